The Morgan fingerprint density at radius 3 is 2.71 bits per heavy atom. The highest BCUT2D eigenvalue weighted by molar-refractivity contribution is 7.99. The first-order valence-electron chi connectivity index (χ1n) is 4.66. The van der Waals surface area contributed by atoms with Gasteiger partial charge in [-0.1, -0.05) is 0 Å². The van der Waals surface area contributed by atoms with Gasteiger partial charge in [-0.05, 0) is 19.1 Å². The molecule has 0 aromatic heterocycles. The second-order valence-electron chi connectivity index (χ2n) is 3.51. The summed E-state index contributed by atoms with van der Waals surface area (Å²) in [6.07, 6.45) is 3.55. The van der Waals surface area contributed by atoms with Crippen molar-refractivity contribution in [1.82, 2.24) is 5.32 Å². The molecule has 0 radical (unpaired) electrons. The molecule has 3 nitrogen and oxygen atoms in total. The summed E-state index contributed by atoms with van der Waals surface area (Å²) in [6.45, 7) is 1.37. The highest BCUT2D eigenvalue weighted by Crippen LogP contribution is 2.22. The molecule has 0 aliphatic carbocycles. The van der Waals surface area contributed by atoms with Crippen LogP contribution in [0.3, 0.4) is 0 Å². The quantitative estimate of drug-likeness (QED) is 0.749. The molecular weight excluding hydrogens is 222 g/mol. The molecular formula is C9H16ClNO2S. The summed E-state index contributed by atoms with van der Waals surface area (Å²) in [5, 5.41) is 3.01. The van der Waals surface area contributed by atoms with E-state index in [4.69, 9.17) is 16.3 Å². The van der Waals surface area contributed by atoms with Crippen LogP contribution in [-0.2, 0) is 9.53 Å². The van der Waals surface area contributed by atoms with E-state index in [2.05, 4.69) is 5.32 Å². The number of carbonyl (C=O) groups excluding carboxylic acids is 1. The van der Waals surface area contributed by atoms with Crippen LogP contribution >= 0.6 is 23.4 Å². The minimum Gasteiger partial charge on any atom is -0.381 e. The second kappa shape index (κ2) is 5.83. The number of carbonyl (C=O) groups is 1. The molecule has 0 spiro atoms. The maximum absolute atomic E-state index is 11.4. The zero-order chi connectivity index (χ0) is 10.4. The molecule has 14 heavy (non-hydrogen) atoms. The van der Waals surface area contributed by atoms with Gasteiger partial charge in [0.15, 0.2) is 0 Å². The first kappa shape index (κ1) is 12.1. The Labute approximate surface area is 93.9 Å². The number of alkyl halides is 1. The van der Waals surface area contributed by atoms with Crippen molar-refractivity contribution in [2.75, 3.05) is 31.1 Å². The predicted molar refractivity (Wildman–Crippen MR) is 60.0 cm³/mol. The molecule has 1 amide bonds. The smallest absolute Gasteiger partial charge is 0.230 e. The molecule has 82 valence electrons. The van der Waals surface area contributed by atoms with E-state index in [-0.39, 0.29) is 11.4 Å². The Kier molecular flexibility index (Phi) is 5.06. The first-order chi connectivity index (χ1) is 6.72. The molecule has 1 N–H and O–H groups in total. The number of halogens is 1. The van der Waals surface area contributed by atoms with Crippen molar-refractivity contribution >= 4 is 29.3 Å². The van der Waals surface area contributed by atoms with E-state index < -0.39 is 0 Å². The van der Waals surface area contributed by atoms with Crippen LogP contribution in [0.25, 0.3) is 0 Å². The van der Waals surface area contributed by atoms with Crippen LogP contribution in [0.15, 0.2) is 0 Å². The fourth-order valence-electron chi connectivity index (χ4n) is 1.52. The molecule has 1 saturated heterocycles. The normalized spacial score (nSPS) is 20.4. The average Bonchev–Trinajstić information content (AvgIpc) is 2.19. The predicted octanol–water partition coefficient (Wildman–Crippen LogP) is 1.25. The van der Waals surface area contributed by atoms with Gasteiger partial charge >= 0.3 is 0 Å². The van der Waals surface area contributed by atoms with Crippen LogP contribution in [0.5, 0.6) is 0 Å². The summed E-state index contributed by atoms with van der Waals surface area (Å²) in [5.74, 6) is 1.04. The largest absolute Gasteiger partial charge is 0.381 e. The summed E-state index contributed by atoms with van der Waals surface area (Å²) < 4.78 is 5.25. The maximum Gasteiger partial charge on any atom is 0.230 e. The monoisotopic (exact) mass is 237 g/mol. The third kappa shape index (κ3) is 3.33. The number of hydrogen-bond donors (Lipinski definition) is 1. The third-order valence-electron chi connectivity index (χ3n) is 2.39. The third-order valence-corrected chi connectivity index (χ3v) is 3.45. The fraction of sp³-hybridized carbons (Fsp3) is 0.889. The number of rotatable bonds is 4. The second-order valence-corrected chi connectivity index (χ2v) is 4.64. The molecule has 0 atom stereocenters. The summed E-state index contributed by atoms with van der Waals surface area (Å²) in [4.78, 5) is 11.4. The van der Waals surface area contributed by atoms with E-state index in [0.29, 0.717) is 24.8 Å². The zero-order valence-electron chi connectivity index (χ0n) is 8.35. The van der Waals surface area contributed by atoms with Crippen LogP contribution in [0.2, 0.25) is 0 Å². The first-order valence-corrected chi connectivity index (χ1v) is 6.59. The van der Waals surface area contributed by atoms with Gasteiger partial charge in [-0.2, -0.15) is 11.8 Å². The summed E-state index contributed by atoms with van der Waals surface area (Å²) >= 11 is 7.43. The Bertz CT molecular complexity index is 195. The van der Waals surface area contributed by atoms with E-state index in [1.165, 1.54) is 11.8 Å². The van der Waals surface area contributed by atoms with Crippen LogP contribution in [0.4, 0.5) is 0 Å². The van der Waals surface area contributed by atoms with Gasteiger partial charge < -0.3 is 10.1 Å². The van der Waals surface area contributed by atoms with Crippen molar-refractivity contribution in [3.8, 4) is 0 Å². The molecule has 0 bridgehead atoms. The van der Waals surface area contributed by atoms with Gasteiger partial charge in [-0.25, -0.2) is 0 Å². The highest BCUT2D eigenvalue weighted by atomic mass is 35.5. The van der Waals surface area contributed by atoms with E-state index >= 15 is 0 Å². The lowest BCUT2D eigenvalue weighted by Crippen LogP contribution is -2.54. The lowest BCUT2D eigenvalue weighted by Gasteiger charge is -2.36. The molecule has 1 heterocycles. The van der Waals surface area contributed by atoms with Crippen LogP contribution in [-0.4, -0.2) is 42.5 Å². The Morgan fingerprint density at radius 1 is 1.57 bits per heavy atom. The minimum absolute atomic E-state index is 0.0695. The highest BCUT2D eigenvalue weighted by Gasteiger charge is 2.32. The molecule has 1 rings (SSSR count). The Hall–Kier alpha value is 0.0700. The van der Waals surface area contributed by atoms with Gasteiger partial charge in [-0.15, -0.1) is 11.6 Å². The topological polar surface area (TPSA) is 38.3 Å². The van der Waals surface area contributed by atoms with Crippen LogP contribution in [0.1, 0.15) is 12.8 Å². The van der Waals surface area contributed by atoms with E-state index in [0.717, 1.165) is 12.8 Å². The number of thioether (sulfide) groups is 1. The van der Waals surface area contributed by atoms with Crippen molar-refractivity contribution < 1.29 is 9.53 Å². The Morgan fingerprint density at radius 2 is 2.21 bits per heavy atom. The van der Waals surface area contributed by atoms with Gasteiger partial charge in [0.1, 0.15) is 0 Å². The molecule has 1 fully saturated rings. The van der Waals surface area contributed by atoms with Gasteiger partial charge in [0.25, 0.3) is 0 Å². The lowest BCUT2D eigenvalue weighted by molar-refractivity contribution is -0.121. The molecule has 0 unspecified atom stereocenters. The standard InChI is InChI=1S/C9H16ClNO2S/c1-14-6-8(12)11-9(7-10)2-4-13-5-3-9/h2-7H2,1H3,(H,11,12). The van der Waals surface area contributed by atoms with Crippen molar-refractivity contribution in [2.24, 2.45) is 0 Å². The summed E-state index contributed by atoms with van der Waals surface area (Å²) in [7, 11) is 0. The van der Waals surface area contributed by atoms with E-state index in [1.807, 2.05) is 6.26 Å². The van der Waals surface area contributed by atoms with Crippen molar-refractivity contribution in [1.29, 1.82) is 0 Å². The van der Waals surface area contributed by atoms with Crippen LogP contribution in [0, 0.1) is 0 Å². The van der Waals surface area contributed by atoms with Gasteiger partial charge in [0, 0.05) is 19.1 Å². The minimum atomic E-state index is -0.230. The fourth-order valence-corrected chi connectivity index (χ4v) is 2.19. The summed E-state index contributed by atoms with van der Waals surface area (Å²) in [5.41, 5.74) is -0.230. The SMILES string of the molecule is CSCC(=O)NC1(CCl)CCOCC1. The lowest BCUT2D eigenvalue weighted by atomic mass is 9.92. The molecule has 5 heteroatoms. The summed E-state index contributed by atoms with van der Waals surface area (Å²) in [6, 6.07) is 0. The molecule has 1 aliphatic heterocycles. The number of hydrogen-bond acceptors (Lipinski definition) is 3. The number of ether oxygens (including phenoxy) is 1. The van der Waals surface area contributed by atoms with E-state index in [9.17, 15) is 4.79 Å². The zero-order valence-corrected chi connectivity index (χ0v) is 9.92. The van der Waals surface area contributed by atoms with Crippen molar-refractivity contribution in [2.45, 2.75) is 18.4 Å². The van der Waals surface area contributed by atoms with E-state index in [1.54, 1.807) is 0 Å². The van der Waals surface area contributed by atoms with Crippen molar-refractivity contribution in [3.63, 3.8) is 0 Å². The van der Waals surface area contributed by atoms with Gasteiger partial charge in [0.2, 0.25) is 5.91 Å². The number of nitrogens with one attached hydrogen (secondary N) is 1. The van der Waals surface area contributed by atoms with Gasteiger partial charge in [0.05, 0.1) is 11.3 Å². The van der Waals surface area contributed by atoms with Gasteiger partial charge in [-0.3, -0.25) is 4.79 Å². The number of amides is 1. The Balaban J connectivity index is 2.47. The molecule has 0 saturated carbocycles. The molecule has 1 aliphatic rings. The average molecular weight is 238 g/mol. The van der Waals surface area contributed by atoms with Crippen LogP contribution < -0.4 is 5.32 Å². The molecule has 0 aromatic rings. The maximum atomic E-state index is 11.4. The molecule has 0 aromatic carbocycles. The van der Waals surface area contributed by atoms with Crippen molar-refractivity contribution in [3.05, 3.63) is 0 Å².